The summed E-state index contributed by atoms with van der Waals surface area (Å²) < 4.78 is 0. The summed E-state index contributed by atoms with van der Waals surface area (Å²) in [5.41, 5.74) is 2.94. The van der Waals surface area contributed by atoms with E-state index in [1.807, 2.05) is 0 Å². The first kappa shape index (κ1) is 10.4. The second-order valence-corrected chi connectivity index (χ2v) is 5.17. The standard InChI is InChI=1S/C16H17N/c1-16(2)15(13-9-5-3-6-10-13)17(16)14-11-7-4-8-12-14/h3-12,15H,1-2H3. The van der Waals surface area contributed by atoms with Gasteiger partial charge >= 0.3 is 0 Å². The fourth-order valence-electron chi connectivity index (χ4n) is 2.75. The van der Waals surface area contributed by atoms with Crippen molar-refractivity contribution in [1.82, 2.24) is 0 Å². The first-order valence-corrected chi connectivity index (χ1v) is 6.10. The van der Waals surface area contributed by atoms with Gasteiger partial charge < -0.3 is 4.90 Å². The summed E-state index contributed by atoms with van der Waals surface area (Å²) in [6, 6.07) is 21.9. The summed E-state index contributed by atoms with van der Waals surface area (Å²) in [5.74, 6) is 0. The van der Waals surface area contributed by atoms with Gasteiger partial charge in [0, 0.05) is 5.69 Å². The maximum absolute atomic E-state index is 2.47. The molecule has 0 amide bonds. The molecule has 1 nitrogen and oxygen atoms in total. The molecule has 1 atom stereocenters. The average Bonchev–Trinajstić information content (AvgIpc) is 2.94. The number of rotatable bonds is 2. The van der Waals surface area contributed by atoms with E-state index in [0.717, 1.165) is 0 Å². The van der Waals surface area contributed by atoms with Gasteiger partial charge in [0.15, 0.2) is 0 Å². The van der Waals surface area contributed by atoms with Gasteiger partial charge in [0.25, 0.3) is 0 Å². The van der Waals surface area contributed by atoms with E-state index in [1.165, 1.54) is 11.3 Å². The van der Waals surface area contributed by atoms with E-state index < -0.39 is 0 Å². The summed E-state index contributed by atoms with van der Waals surface area (Å²) in [6.45, 7) is 4.61. The van der Waals surface area contributed by atoms with Crippen LogP contribution in [0, 0.1) is 0 Å². The zero-order valence-electron chi connectivity index (χ0n) is 10.3. The van der Waals surface area contributed by atoms with Crippen molar-refractivity contribution in [2.24, 2.45) is 0 Å². The van der Waals surface area contributed by atoms with E-state index in [0.29, 0.717) is 6.04 Å². The third-order valence-corrected chi connectivity index (χ3v) is 3.63. The van der Waals surface area contributed by atoms with Crippen LogP contribution >= 0.6 is 0 Å². The second-order valence-electron chi connectivity index (χ2n) is 5.17. The molecule has 86 valence electrons. The third kappa shape index (κ3) is 1.62. The molecule has 1 aliphatic heterocycles. The van der Waals surface area contributed by atoms with Crippen molar-refractivity contribution in [3.8, 4) is 0 Å². The van der Waals surface area contributed by atoms with Crippen LogP contribution in [0.5, 0.6) is 0 Å². The number of anilines is 1. The van der Waals surface area contributed by atoms with Crippen molar-refractivity contribution in [3.63, 3.8) is 0 Å². The van der Waals surface area contributed by atoms with Gasteiger partial charge in [-0.2, -0.15) is 0 Å². The lowest BCUT2D eigenvalue weighted by atomic mass is 10.0. The van der Waals surface area contributed by atoms with Gasteiger partial charge in [-0.05, 0) is 31.5 Å². The molecule has 2 aromatic rings. The maximum atomic E-state index is 2.47. The van der Waals surface area contributed by atoms with Crippen LogP contribution in [0.4, 0.5) is 5.69 Å². The summed E-state index contributed by atoms with van der Waals surface area (Å²) >= 11 is 0. The van der Waals surface area contributed by atoms with Crippen LogP contribution in [0.15, 0.2) is 60.7 Å². The number of hydrogen-bond donors (Lipinski definition) is 0. The van der Waals surface area contributed by atoms with E-state index in [1.54, 1.807) is 0 Å². The number of nitrogens with zero attached hydrogens (tertiary/aromatic N) is 1. The number of para-hydroxylation sites is 1. The van der Waals surface area contributed by atoms with E-state index in [4.69, 9.17) is 0 Å². The van der Waals surface area contributed by atoms with Crippen molar-refractivity contribution in [2.75, 3.05) is 4.90 Å². The Labute approximate surface area is 103 Å². The highest BCUT2D eigenvalue weighted by molar-refractivity contribution is 5.62. The molecule has 0 bridgehead atoms. The van der Waals surface area contributed by atoms with Crippen molar-refractivity contribution in [2.45, 2.75) is 25.4 Å². The third-order valence-electron chi connectivity index (χ3n) is 3.63. The molecule has 0 aliphatic carbocycles. The Morgan fingerprint density at radius 1 is 0.824 bits per heavy atom. The molecule has 1 heteroatoms. The van der Waals surface area contributed by atoms with Crippen LogP contribution in [0.1, 0.15) is 25.5 Å². The van der Waals surface area contributed by atoms with E-state index in [2.05, 4.69) is 79.4 Å². The molecule has 0 saturated carbocycles. The van der Waals surface area contributed by atoms with Crippen LogP contribution in [0.2, 0.25) is 0 Å². The fourth-order valence-corrected chi connectivity index (χ4v) is 2.75. The smallest absolute Gasteiger partial charge is 0.0775 e. The first-order valence-electron chi connectivity index (χ1n) is 6.10. The van der Waals surface area contributed by atoms with Crippen molar-refractivity contribution < 1.29 is 0 Å². The number of hydrogen-bond acceptors (Lipinski definition) is 1. The molecular weight excluding hydrogens is 206 g/mol. The van der Waals surface area contributed by atoms with Gasteiger partial charge in [-0.15, -0.1) is 0 Å². The maximum Gasteiger partial charge on any atom is 0.0775 e. The van der Waals surface area contributed by atoms with Crippen molar-refractivity contribution in [1.29, 1.82) is 0 Å². The lowest BCUT2D eigenvalue weighted by Crippen LogP contribution is -2.06. The quantitative estimate of drug-likeness (QED) is 0.695. The van der Waals surface area contributed by atoms with Gasteiger partial charge in [0.1, 0.15) is 0 Å². The number of benzene rings is 2. The summed E-state index contributed by atoms with van der Waals surface area (Å²) in [6.07, 6.45) is 0. The van der Waals surface area contributed by atoms with E-state index in [-0.39, 0.29) is 5.54 Å². The second kappa shape index (κ2) is 3.63. The molecule has 1 unspecified atom stereocenters. The molecule has 1 aliphatic rings. The molecule has 17 heavy (non-hydrogen) atoms. The van der Waals surface area contributed by atoms with Gasteiger partial charge in [0.05, 0.1) is 11.6 Å². The largest absolute Gasteiger partial charge is 0.355 e. The monoisotopic (exact) mass is 223 g/mol. The van der Waals surface area contributed by atoms with Crippen LogP contribution in [-0.2, 0) is 0 Å². The van der Waals surface area contributed by atoms with Gasteiger partial charge in [-0.3, -0.25) is 0 Å². The molecule has 2 aromatic carbocycles. The lowest BCUT2D eigenvalue weighted by Gasteiger charge is -2.07. The zero-order valence-corrected chi connectivity index (χ0v) is 10.3. The molecule has 0 radical (unpaired) electrons. The topological polar surface area (TPSA) is 3.01 Å². The molecular formula is C16H17N. The SMILES string of the molecule is CC1(C)C(c2ccccc2)N1c1ccccc1. The predicted molar refractivity (Wildman–Crippen MR) is 72.2 cm³/mol. The Morgan fingerprint density at radius 3 is 1.94 bits per heavy atom. The Hall–Kier alpha value is -1.76. The van der Waals surface area contributed by atoms with Crippen LogP contribution in [0.25, 0.3) is 0 Å². The summed E-state index contributed by atoms with van der Waals surface area (Å²) in [4.78, 5) is 2.47. The van der Waals surface area contributed by atoms with Crippen LogP contribution in [-0.4, -0.2) is 5.54 Å². The molecule has 1 fully saturated rings. The normalized spacial score (nSPS) is 21.3. The minimum atomic E-state index is 0.225. The fraction of sp³-hybridized carbons (Fsp3) is 0.250. The van der Waals surface area contributed by atoms with Gasteiger partial charge in [-0.1, -0.05) is 48.5 Å². The predicted octanol–water partition coefficient (Wildman–Crippen LogP) is 4.03. The first-order chi connectivity index (χ1) is 8.21. The summed E-state index contributed by atoms with van der Waals surface area (Å²) in [5, 5.41) is 0. The average molecular weight is 223 g/mol. The highest BCUT2D eigenvalue weighted by atomic mass is 15.4. The highest BCUT2D eigenvalue weighted by Gasteiger charge is 2.56. The van der Waals surface area contributed by atoms with Crippen molar-refractivity contribution >= 4 is 5.69 Å². The molecule has 1 heterocycles. The molecule has 0 spiro atoms. The Kier molecular flexibility index (Phi) is 2.22. The van der Waals surface area contributed by atoms with Crippen LogP contribution < -0.4 is 4.90 Å². The van der Waals surface area contributed by atoms with Crippen LogP contribution in [0.3, 0.4) is 0 Å². The lowest BCUT2D eigenvalue weighted by molar-refractivity contribution is 0.768. The zero-order chi connectivity index (χ0) is 11.9. The van der Waals surface area contributed by atoms with E-state index >= 15 is 0 Å². The Bertz CT molecular complexity index is 454. The molecule has 1 saturated heterocycles. The van der Waals surface area contributed by atoms with Crippen molar-refractivity contribution in [3.05, 3.63) is 66.2 Å². The Balaban J connectivity index is 1.95. The highest BCUT2D eigenvalue weighted by Crippen LogP contribution is 2.55. The summed E-state index contributed by atoms with van der Waals surface area (Å²) in [7, 11) is 0. The molecule has 0 aromatic heterocycles. The minimum absolute atomic E-state index is 0.225. The van der Waals surface area contributed by atoms with Gasteiger partial charge in [-0.25, -0.2) is 0 Å². The molecule has 0 N–H and O–H groups in total. The van der Waals surface area contributed by atoms with E-state index in [9.17, 15) is 0 Å². The minimum Gasteiger partial charge on any atom is -0.355 e. The van der Waals surface area contributed by atoms with Gasteiger partial charge in [0.2, 0.25) is 0 Å². The molecule has 3 rings (SSSR count). The Morgan fingerprint density at radius 2 is 1.35 bits per heavy atom.